The summed E-state index contributed by atoms with van der Waals surface area (Å²) in [6.07, 6.45) is 0. The summed E-state index contributed by atoms with van der Waals surface area (Å²) in [5.41, 5.74) is 1.81. The SMILES string of the molecule is COc1ccc(C(CNC(=O)CN(Cc2ccccc2)S(=O)(=O)c2ccc(Cl)cc2)N2CCOCC2)cc1. The molecule has 1 heterocycles. The van der Waals surface area contributed by atoms with Crippen LogP contribution >= 0.6 is 11.6 Å². The number of nitrogens with one attached hydrogen (secondary N) is 1. The molecule has 1 aliphatic rings. The molecule has 0 bridgehead atoms. The van der Waals surface area contributed by atoms with Crippen molar-refractivity contribution in [3.63, 3.8) is 0 Å². The van der Waals surface area contributed by atoms with Crippen LogP contribution in [0.3, 0.4) is 0 Å². The number of rotatable bonds is 11. The van der Waals surface area contributed by atoms with Crippen molar-refractivity contribution < 1.29 is 22.7 Å². The van der Waals surface area contributed by atoms with Crippen LogP contribution < -0.4 is 10.1 Å². The van der Waals surface area contributed by atoms with Crippen LogP contribution in [0.5, 0.6) is 5.75 Å². The highest BCUT2D eigenvalue weighted by Crippen LogP contribution is 2.24. The number of morpholine rings is 1. The van der Waals surface area contributed by atoms with Gasteiger partial charge in [-0.1, -0.05) is 54.1 Å². The van der Waals surface area contributed by atoms with E-state index in [1.54, 1.807) is 7.11 Å². The van der Waals surface area contributed by atoms with E-state index < -0.39 is 10.0 Å². The number of benzene rings is 3. The summed E-state index contributed by atoms with van der Waals surface area (Å²) < 4.78 is 39.0. The van der Waals surface area contributed by atoms with E-state index in [9.17, 15) is 13.2 Å². The zero-order valence-corrected chi connectivity index (χ0v) is 22.8. The van der Waals surface area contributed by atoms with Gasteiger partial charge in [-0.3, -0.25) is 9.69 Å². The van der Waals surface area contributed by atoms with E-state index >= 15 is 0 Å². The lowest BCUT2D eigenvalue weighted by atomic mass is 10.0. The summed E-state index contributed by atoms with van der Waals surface area (Å²) >= 11 is 5.97. The van der Waals surface area contributed by atoms with Crippen molar-refractivity contribution in [1.29, 1.82) is 0 Å². The minimum absolute atomic E-state index is 0.0601. The van der Waals surface area contributed by atoms with Gasteiger partial charge in [-0.25, -0.2) is 8.42 Å². The third-order valence-electron chi connectivity index (χ3n) is 6.45. The Morgan fingerprint density at radius 2 is 1.68 bits per heavy atom. The van der Waals surface area contributed by atoms with Crippen LogP contribution in [0.15, 0.2) is 83.8 Å². The van der Waals surface area contributed by atoms with Gasteiger partial charge < -0.3 is 14.8 Å². The van der Waals surface area contributed by atoms with Crippen molar-refractivity contribution in [3.05, 3.63) is 95.0 Å². The molecule has 1 N–H and O–H groups in total. The number of carbonyl (C=O) groups is 1. The summed E-state index contributed by atoms with van der Waals surface area (Å²) in [7, 11) is -2.34. The predicted molar refractivity (Wildman–Crippen MR) is 147 cm³/mol. The van der Waals surface area contributed by atoms with Crippen molar-refractivity contribution in [2.45, 2.75) is 17.5 Å². The first-order valence-electron chi connectivity index (χ1n) is 12.4. The van der Waals surface area contributed by atoms with E-state index in [4.69, 9.17) is 21.1 Å². The van der Waals surface area contributed by atoms with Gasteiger partial charge in [-0.2, -0.15) is 4.31 Å². The molecular formula is C28H32ClN3O5S. The zero-order chi connectivity index (χ0) is 27.0. The fourth-order valence-electron chi connectivity index (χ4n) is 4.37. The maximum absolute atomic E-state index is 13.5. The molecule has 1 unspecified atom stereocenters. The van der Waals surface area contributed by atoms with E-state index in [2.05, 4.69) is 10.2 Å². The number of carbonyl (C=O) groups excluding carboxylic acids is 1. The lowest BCUT2D eigenvalue weighted by Crippen LogP contribution is -2.46. The van der Waals surface area contributed by atoms with Crippen LogP contribution in [0.1, 0.15) is 17.2 Å². The van der Waals surface area contributed by atoms with Crippen LogP contribution in [0, 0.1) is 0 Å². The fourth-order valence-corrected chi connectivity index (χ4v) is 5.88. The van der Waals surface area contributed by atoms with E-state index in [0.29, 0.717) is 24.8 Å². The molecule has 1 saturated heterocycles. The largest absolute Gasteiger partial charge is 0.497 e. The molecule has 1 atom stereocenters. The standard InChI is InChI=1S/C28H32ClN3O5S/c1-36-25-11-7-23(8-12-25)27(31-15-17-37-18-16-31)19-30-28(33)21-32(20-22-5-3-2-4-6-22)38(34,35)26-13-9-24(29)10-14-26/h2-14,27H,15-21H2,1H3,(H,30,33). The van der Waals surface area contributed by atoms with Crippen LogP contribution in [-0.2, 0) is 26.1 Å². The molecule has 202 valence electrons. The number of ether oxygens (including phenoxy) is 2. The first kappa shape index (κ1) is 28.1. The Hall–Kier alpha value is -2.95. The molecule has 10 heteroatoms. The molecular weight excluding hydrogens is 526 g/mol. The van der Waals surface area contributed by atoms with E-state index in [-0.39, 0.29) is 29.9 Å². The number of methoxy groups -OCH3 is 1. The number of halogens is 1. The molecule has 3 aromatic rings. The number of sulfonamides is 1. The molecule has 0 aromatic heterocycles. The Labute approximate surface area is 229 Å². The van der Waals surface area contributed by atoms with Gasteiger partial charge in [0.1, 0.15) is 5.75 Å². The first-order chi connectivity index (χ1) is 18.4. The summed E-state index contributed by atoms with van der Waals surface area (Å²) in [5, 5.41) is 3.41. The maximum atomic E-state index is 13.5. The van der Waals surface area contributed by atoms with Crippen LogP contribution in [0.25, 0.3) is 0 Å². The third-order valence-corrected chi connectivity index (χ3v) is 8.51. The number of amides is 1. The Morgan fingerprint density at radius 3 is 2.32 bits per heavy atom. The second-order valence-electron chi connectivity index (χ2n) is 8.95. The average molecular weight is 558 g/mol. The second-order valence-corrected chi connectivity index (χ2v) is 11.3. The van der Waals surface area contributed by atoms with E-state index in [1.165, 1.54) is 28.6 Å². The highest BCUT2D eigenvalue weighted by Gasteiger charge is 2.28. The lowest BCUT2D eigenvalue weighted by Gasteiger charge is -2.35. The van der Waals surface area contributed by atoms with Gasteiger partial charge in [0.05, 0.1) is 37.8 Å². The van der Waals surface area contributed by atoms with Crippen LogP contribution in [-0.4, -0.2) is 70.0 Å². The molecule has 0 saturated carbocycles. The minimum Gasteiger partial charge on any atom is -0.497 e. The second kappa shape index (κ2) is 13.2. The van der Waals surface area contributed by atoms with Gasteiger partial charge in [-0.15, -0.1) is 0 Å². The fraction of sp³-hybridized carbons (Fsp3) is 0.321. The number of hydrogen-bond acceptors (Lipinski definition) is 6. The van der Waals surface area contributed by atoms with Gasteiger partial charge in [0, 0.05) is 31.2 Å². The molecule has 1 fully saturated rings. The molecule has 3 aromatic carbocycles. The summed E-state index contributed by atoms with van der Waals surface area (Å²) in [6, 6.07) is 22.8. The van der Waals surface area contributed by atoms with Gasteiger partial charge in [0.25, 0.3) is 0 Å². The van der Waals surface area contributed by atoms with Gasteiger partial charge in [0.15, 0.2) is 0 Å². The van der Waals surface area contributed by atoms with E-state index in [1.807, 2.05) is 54.6 Å². The predicted octanol–water partition coefficient (Wildman–Crippen LogP) is 3.73. The van der Waals surface area contributed by atoms with E-state index in [0.717, 1.165) is 30.0 Å². The Morgan fingerprint density at radius 1 is 1.03 bits per heavy atom. The molecule has 0 radical (unpaired) electrons. The van der Waals surface area contributed by atoms with Crippen molar-refractivity contribution >= 4 is 27.5 Å². The molecule has 4 rings (SSSR count). The normalized spacial score (nSPS) is 15.2. The Bertz CT molecular complexity index is 1280. The number of nitrogens with zero attached hydrogens (tertiary/aromatic N) is 2. The topological polar surface area (TPSA) is 88.2 Å². The van der Waals surface area contributed by atoms with Gasteiger partial charge >= 0.3 is 0 Å². The highest BCUT2D eigenvalue weighted by molar-refractivity contribution is 7.89. The summed E-state index contributed by atoms with van der Waals surface area (Å²) in [6.45, 7) is 2.76. The third kappa shape index (κ3) is 7.33. The minimum atomic E-state index is -3.96. The summed E-state index contributed by atoms with van der Waals surface area (Å²) in [5.74, 6) is 0.368. The molecule has 38 heavy (non-hydrogen) atoms. The van der Waals surface area contributed by atoms with Crippen LogP contribution in [0.2, 0.25) is 5.02 Å². The van der Waals surface area contributed by atoms with Crippen molar-refractivity contribution in [1.82, 2.24) is 14.5 Å². The summed E-state index contributed by atoms with van der Waals surface area (Å²) in [4.78, 5) is 15.5. The molecule has 1 amide bonds. The first-order valence-corrected chi connectivity index (χ1v) is 14.2. The molecule has 1 aliphatic heterocycles. The smallest absolute Gasteiger partial charge is 0.243 e. The van der Waals surface area contributed by atoms with Gasteiger partial charge in [-0.05, 0) is 47.5 Å². The maximum Gasteiger partial charge on any atom is 0.243 e. The Kier molecular flexibility index (Phi) is 9.76. The van der Waals surface area contributed by atoms with Crippen molar-refractivity contribution in [2.24, 2.45) is 0 Å². The number of hydrogen-bond donors (Lipinski definition) is 1. The molecule has 0 spiro atoms. The lowest BCUT2D eigenvalue weighted by molar-refractivity contribution is -0.121. The molecule has 0 aliphatic carbocycles. The van der Waals surface area contributed by atoms with Crippen LogP contribution in [0.4, 0.5) is 0 Å². The quantitative estimate of drug-likeness (QED) is 0.386. The Balaban J connectivity index is 1.51. The average Bonchev–Trinajstić information content (AvgIpc) is 2.94. The van der Waals surface area contributed by atoms with Gasteiger partial charge in [0.2, 0.25) is 15.9 Å². The van der Waals surface area contributed by atoms with Crippen molar-refractivity contribution in [3.8, 4) is 5.75 Å². The zero-order valence-electron chi connectivity index (χ0n) is 21.3. The monoisotopic (exact) mass is 557 g/mol. The van der Waals surface area contributed by atoms with Crippen molar-refractivity contribution in [2.75, 3.05) is 46.5 Å². The highest BCUT2D eigenvalue weighted by atomic mass is 35.5. The molecule has 8 nitrogen and oxygen atoms in total.